The van der Waals surface area contributed by atoms with Gasteiger partial charge in [-0.15, -0.1) is 0 Å². The summed E-state index contributed by atoms with van der Waals surface area (Å²) in [4.78, 5) is 22.0. The van der Waals surface area contributed by atoms with E-state index in [0.717, 1.165) is 5.57 Å². The monoisotopic (exact) mass is 183 g/mol. The summed E-state index contributed by atoms with van der Waals surface area (Å²) < 4.78 is 0. The lowest BCUT2D eigenvalue weighted by Crippen LogP contribution is -2.23. The van der Waals surface area contributed by atoms with Gasteiger partial charge in [0.15, 0.2) is 0 Å². The average molecular weight is 183 g/mol. The number of aliphatic carboxylic acids is 1. The van der Waals surface area contributed by atoms with Gasteiger partial charge in [-0.05, 0) is 18.4 Å². The van der Waals surface area contributed by atoms with E-state index in [0.29, 0.717) is 12.8 Å². The maximum absolute atomic E-state index is 11.3. The molecule has 0 aromatic heterocycles. The van der Waals surface area contributed by atoms with Gasteiger partial charge >= 0.3 is 5.97 Å². The van der Waals surface area contributed by atoms with Crippen molar-refractivity contribution in [2.45, 2.75) is 26.7 Å². The zero-order valence-corrected chi connectivity index (χ0v) is 7.76. The average Bonchev–Trinajstić information content (AvgIpc) is 2.41. The highest BCUT2D eigenvalue weighted by atomic mass is 16.4. The lowest BCUT2D eigenvalue weighted by Gasteiger charge is -2.06. The van der Waals surface area contributed by atoms with Crippen LogP contribution in [0.4, 0.5) is 0 Å². The SMILES string of the molecule is CCC1=C(C(=O)O)NC(=O)C1CC. The van der Waals surface area contributed by atoms with Crippen molar-refractivity contribution in [2.24, 2.45) is 5.92 Å². The van der Waals surface area contributed by atoms with E-state index in [4.69, 9.17) is 5.11 Å². The summed E-state index contributed by atoms with van der Waals surface area (Å²) in [7, 11) is 0. The first kappa shape index (κ1) is 9.77. The molecule has 1 heterocycles. The minimum atomic E-state index is -1.04. The second kappa shape index (κ2) is 3.60. The van der Waals surface area contributed by atoms with Crippen molar-refractivity contribution in [3.05, 3.63) is 11.3 Å². The summed E-state index contributed by atoms with van der Waals surface area (Å²) >= 11 is 0. The molecule has 0 radical (unpaired) electrons. The first-order chi connectivity index (χ1) is 6.11. The number of rotatable bonds is 3. The molecule has 0 aliphatic carbocycles. The first-order valence-corrected chi connectivity index (χ1v) is 4.39. The topological polar surface area (TPSA) is 66.4 Å². The van der Waals surface area contributed by atoms with Crippen LogP contribution in [0.25, 0.3) is 0 Å². The molecule has 0 aromatic rings. The molecule has 1 atom stereocenters. The smallest absolute Gasteiger partial charge is 0.352 e. The van der Waals surface area contributed by atoms with Crippen LogP contribution in [-0.2, 0) is 9.59 Å². The predicted molar refractivity (Wildman–Crippen MR) is 46.9 cm³/mol. The number of hydrogen-bond donors (Lipinski definition) is 2. The molecule has 0 saturated carbocycles. The van der Waals surface area contributed by atoms with Gasteiger partial charge in [-0.3, -0.25) is 4.79 Å². The minimum absolute atomic E-state index is 0.0827. The van der Waals surface area contributed by atoms with Gasteiger partial charge in [0.05, 0.1) is 5.92 Å². The Hall–Kier alpha value is -1.32. The Labute approximate surface area is 76.6 Å². The van der Waals surface area contributed by atoms with Crippen molar-refractivity contribution in [1.82, 2.24) is 5.32 Å². The maximum atomic E-state index is 11.3. The van der Waals surface area contributed by atoms with Gasteiger partial charge in [-0.1, -0.05) is 13.8 Å². The van der Waals surface area contributed by atoms with Crippen molar-refractivity contribution in [3.63, 3.8) is 0 Å². The van der Waals surface area contributed by atoms with Gasteiger partial charge in [0.1, 0.15) is 5.70 Å². The number of amides is 1. The molecule has 1 aliphatic heterocycles. The van der Waals surface area contributed by atoms with Crippen LogP contribution < -0.4 is 5.32 Å². The van der Waals surface area contributed by atoms with E-state index in [1.165, 1.54) is 0 Å². The van der Waals surface area contributed by atoms with E-state index in [1.54, 1.807) is 0 Å². The molecule has 72 valence electrons. The van der Waals surface area contributed by atoms with Crippen molar-refractivity contribution >= 4 is 11.9 Å². The molecule has 1 rings (SSSR count). The van der Waals surface area contributed by atoms with E-state index in [2.05, 4.69) is 5.32 Å². The first-order valence-electron chi connectivity index (χ1n) is 4.39. The van der Waals surface area contributed by atoms with Gasteiger partial charge in [-0.2, -0.15) is 0 Å². The number of carbonyl (C=O) groups is 2. The number of hydrogen-bond acceptors (Lipinski definition) is 2. The normalized spacial score (nSPS) is 22.0. The van der Waals surface area contributed by atoms with Crippen LogP contribution in [0.3, 0.4) is 0 Å². The van der Waals surface area contributed by atoms with E-state index in [1.807, 2.05) is 13.8 Å². The van der Waals surface area contributed by atoms with Gasteiger partial charge in [0.2, 0.25) is 5.91 Å². The third kappa shape index (κ3) is 1.56. The Balaban J connectivity index is 3.02. The molecule has 1 aliphatic rings. The Kier molecular flexibility index (Phi) is 2.70. The lowest BCUT2D eigenvalue weighted by atomic mass is 9.95. The van der Waals surface area contributed by atoms with Crippen molar-refractivity contribution in [3.8, 4) is 0 Å². The van der Waals surface area contributed by atoms with Crippen LogP contribution in [0.15, 0.2) is 11.3 Å². The Morgan fingerprint density at radius 3 is 2.54 bits per heavy atom. The standard InChI is InChI=1S/C9H13NO3/c1-3-5-6(4-2)8(11)10-7(5)9(12)13/h6H,3-4H2,1-2H3,(H,10,11)(H,12,13). The fourth-order valence-electron chi connectivity index (χ4n) is 1.67. The minimum Gasteiger partial charge on any atom is -0.477 e. The second-order valence-electron chi connectivity index (χ2n) is 3.01. The molecule has 1 amide bonds. The summed E-state index contributed by atoms with van der Waals surface area (Å²) in [5.41, 5.74) is 0.805. The maximum Gasteiger partial charge on any atom is 0.352 e. The van der Waals surface area contributed by atoms with Crippen molar-refractivity contribution < 1.29 is 14.7 Å². The fourth-order valence-corrected chi connectivity index (χ4v) is 1.67. The number of nitrogens with one attached hydrogen (secondary N) is 1. The summed E-state index contributed by atoms with van der Waals surface area (Å²) in [6.45, 7) is 3.74. The summed E-state index contributed by atoms with van der Waals surface area (Å²) in [6.07, 6.45) is 1.27. The van der Waals surface area contributed by atoms with E-state index >= 15 is 0 Å². The molecule has 0 saturated heterocycles. The molecule has 4 nitrogen and oxygen atoms in total. The molecule has 0 spiro atoms. The number of carboxylic acids is 1. The number of carbonyl (C=O) groups excluding carboxylic acids is 1. The Bertz CT molecular complexity index is 281. The molecule has 0 fully saturated rings. The van der Waals surface area contributed by atoms with Gasteiger partial charge in [0.25, 0.3) is 0 Å². The zero-order chi connectivity index (χ0) is 10.0. The van der Waals surface area contributed by atoms with Crippen LogP contribution in [-0.4, -0.2) is 17.0 Å². The molecular weight excluding hydrogens is 170 g/mol. The third-order valence-electron chi connectivity index (χ3n) is 2.31. The summed E-state index contributed by atoms with van der Waals surface area (Å²) in [5.74, 6) is -1.46. The van der Waals surface area contributed by atoms with E-state index in [-0.39, 0.29) is 17.5 Å². The van der Waals surface area contributed by atoms with Gasteiger partial charge in [0, 0.05) is 0 Å². The molecule has 1 unspecified atom stereocenters. The molecule has 0 bridgehead atoms. The largest absolute Gasteiger partial charge is 0.477 e. The summed E-state index contributed by atoms with van der Waals surface area (Å²) in [5, 5.41) is 11.2. The Morgan fingerprint density at radius 1 is 1.54 bits per heavy atom. The quantitative estimate of drug-likeness (QED) is 0.682. The fraction of sp³-hybridized carbons (Fsp3) is 0.556. The molecular formula is C9H13NO3. The highest BCUT2D eigenvalue weighted by Crippen LogP contribution is 2.27. The van der Waals surface area contributed by atoms with Crippen LogP contribution >= 0.6 is 0 Å². The van der Waals surface area contributed by atoms with Crippen molar-refractivity contribution in [1.29, 1.82) is 0 Å². The molecule has 2 N–H and O–H groups in total. The second-order valence-corrected chi connectivity index (χ2v) is 3.01. The highest BCUT2D eigenvalue weighted by molar-refractivity contribution is 5.99. The molecule has 13 heavy (non-hydrogen) atoms. The van der Waals surface area contributed by atoms with Gasteiger partial charge < -0.3 is 10.4 Å². The van der Waals surface area contributed by atoms with Gasteiger partial charge in [-0.25, -0.2) is 4.79 Å². The van der Waals surface area contributed by atoms with Crippen LogP contribution in [0.5, 0.6) is 0 Å². The third-order valence-corrected chi connectivity index (χ3v) is 2.31. The highest BCUT2D eigenvalue weighted by Gasteiger charge is 2.33. The van der Waals surface area contributed by atoms with E-state index in [9.17, 15) is 9.59 Å². The van der Waals surface area contributed by atoms with Crippen molar-refractivity contribution in [2.75, 3.05) is 0 Å². The lowest BCUT2D eigenvalue weighted by molar-refractivity contribution is -0.134. The molecule has 4 heteroatoms. The Morgan fingerprint density at radius 2 is 2.15 bits per heavy atom. The number of carboxylic acid groups (broad SMARTS) is 1. The predicted octanol–water partition coefficient (Wildman–Crippen LogP) is 0.891. The summed E-state index contributed by atoms with van der Waals surface area (Å²) in [6, 6.07) is 0. The van der Waals surface area contributed by atoms with E-state index < -0.39 is 5.97 Å². The van der Waals surface area contributed by atoms with Crippen LogP contribution in [0.1, 0.15) is 26.7 Å². The molecule has 0 aromatic carbocycles. The van der Waals surface area contributed by atoms with Crippen LogP contribution in [0.2, 0.25) is 0 Å². The van der Waals surface area contributed by atoms with Crippen LogP contribution in [0, 0.1) is 5.92 Å². The zero-order valence-electron chi connectivity index (χ0n) is 7.76.